The van der Waals surface area contributed by atoms with Crippen molar-refractivity contribution in [2.75, 3.05) is 13.2 Å². The van der Waals surface area contributed by atoms with Crippen molar-refractivity contribution in [2.24, 2.45) is 0 Å². The number of nitrogens with one attached hydrogen (secondary N) is 3. The van der Waals surface area contributed by atoms with Crippen LogP contribution >= 0.6 is 0 Å². The average Bonchev–Trinajstić information content (AvgIpc) is 3.08. The van der Waals surface area contributed by atoms with Crippen molar-refractivity contribution >= 4 is 23.9 Å². The normalized spacial score (nSPS) is 23.5. The number of aryl methyl sites for hydroxylation is 1. The van der Waals surface area contributed by atoms with Crippen LogP contribution in [0.5, 0.6) is 0 Å². The Labute approximate surface area is 202 Å². The van der Waals surface area contributed by atoms with Gasteiger partial charge in [0.15, 0.2) is 0 Å². The Bertz CT molecular complexity index is 1240. The topological polar surface area (TPSA) is 117 Å². The Balaban J connectivity index is 1.49. The molecule has 9 heteroatoms. The molecule has 1 saturated heterocycles. The molecule has 9 nitrogen and oxygen atoms in total. The van der Waals surface area contributed by atoms with Crippen molar-refractivity contribution in [3.8, 4) is 0 Å². The van der Waals surface area contributed by atoms with Gasteiger partial charge in [0, 0.05) is 6.42 Å². The Morgan fingerprint density at radius 1 is 1.06 bits per heavy atom. The van der Waals surface area contributed by atoms with Crippen molar-refractivity contribution in [3.63, 3.8) is 0 Å². The molecule has 0 radical (unpaired) electrons. The van der Waals surface area contributed by atoms with E-state index in [2.05, 4.69) is 16.0 Å². The predicted molar refractivity (Wildman–Crippen MR) is 126 cm³/mol. The molecule has 5 amide bonds. The Kier molecular flexibility index (Phi) is 5.76. The van der Waals surface area contributed by atoms with Gasteiger partial charge >= 0.3 is 18.0 Å². The van der Waals surface area contributed by atoms with Gasteiger partial charge in [-0.3, -0.25) is 9.69 Å². The number of rotatable bonds is 5. The van der Waals surface area contributed by atoms with Crippen LogP contribution in [0.4, 0.5) is 9.59 Å². The minimum absolute atomic E-state index is 0.136. The average molecular weight is 475 g/mol. The highest BCUT2D eigenvalue weighted by atomic mass is 16.5. The monoisotopic (exact) mass is 474 g/mol. The summed E-state index contributed by atoms with van der Waals surface area (Å²) in [6, 6.07) is 15.0. The third kappa shape index (κ3) is 4.03. The van der Waals surface area contributed by atoms with E-state index in [9.17, 15) is 19.2 Å². The van der Waals surface area contributed by atoms with E-state index >= 15 is 0 Å². The van der Waals surface area contributed by atoms with E-state index in [1.807, 2.05) is 30.3 Å². The molecule has 1 aliphatic carbocycles. The Morgan fingerprint density at radius 3 is 2.51 bits per heavy atom. The summed E-state index contributed by atoms with van der Waals surface area (Å²) in [6.45, 7) is 1.57. The molecule has 3 N–H and O–H groups in total. The lowest BCUT2D eigenvalue weighted by Gasteiger charge is -2.33. The third-order valence-electron chi connectivity index (χ3n) is 6.78. The number of nitrogens with zero attached hydrogens (tertiary/aromatic N) is 1. The summed E-state index contributed by atoms with van der Waals surface area (Å²) in [6.07, 6.45) is 1.55. The molecule has 3 aliphatic rings. The van der Waals surface area contributed by atoms with Crippen LogP contribution in [0.15, 0.2) is 65.9 Å². The van der Waals surface area contributed by atoms with Crippen molar-refractivity contribution in [1.82, 2.24) is 20.9 Å². The first kappa shape index (κ1) is 22.6. The van der Waals surface area contributed by atoms with E-state index in [0.717, 1.165) is 10.5 Å². The number of hydrogen-bond donors (Lipinski definition) is 3. The molecule has 0 aromatic heterocycles. The van der Waals surface area contributed by atoms with Crippen LogP contribution in [0.1, 0.15) is 36.1 Å². The lowest BCUT2D eigenvalue weighted by atomic mass is 9.78. The van der Waals surface area contributed by atoms with Gasteiger partial charge in [-0.15, -0.1) is 0 Å². The largest absolute Gasteiger partial charge is 0.463 e. The van der Waals surface area contributed by atoms with Crippen molar-refractivity contribution in [3.05, 3.63) is 82.6 Å². The molecule has 5 rings (SSSR count). The first-order valence-corrected chi connectivity index (χ1v) is 11.7. The highest BCUT2D eigenvalue weighted by molar-refractivity contribution is 6.08. The number of imide groups is 1. The highest BCUT2D eigenvalue weighted by Gasteiger charge is 2.53. The molecule has 0 saturated carbocycles. The summed E-state index contributed by atoms with van der Waals surface area (Å²) in [5, 5.41) is 8.28. The van der Waals surface area contributed by atoms with Gasteiger partial charge in [-0.05, 0) is 36.5 Å². The zero-order chi connectivity index (χ0) is 24.6. The van der Waals surface area contributed by atoms with Gasteiger partial charge in [0.25, 0.3) is 5.91 Å². The van der Waals surface area contributed by atoms with Crippen molar-refractivity contribution in [1.29, 1.82) is 0 Å². The number of carbonyl (C=O) groups excluding carboxylic acids is 4. The second kappa shape index (κ2) is 8.90. The molecule has 2 aliphatic heterocycles. The van der Waals surface area contributed by atoms with E-state index in [1.165, 1.54) is 5.56 Å². The lowest BCUT2D eigenvalue weighted by molar-refractivity contribution is -0.139. The highest BCUT2D eigenvalue weighted by Crippen LogP contribution is 2.35. The summed E-state index contributed by atoms with van der Waals surface area (Å²) < 4.78 is 5.27. The maximum absolute atomic E-state index is 13.6. The summed E-state index contributed by atoms with van der Waals surface area (Å²) in [5.41, 5.74) is 2.17. The molecular weight excluding hydrogens is 448 g/mol. The minimum atomic E-state index is -1.04. The number of hydrogen-bond acceptors (Lipinski definition) is 5. The quantitative estimate of drug-likeness (QED) is 0.454. The van der Waals surface area contributed by atoms with Crippen LogP contribution in [0, 0.1) is 0 Å². The number of urea groups is 2. The smallest absolute Gasteiger partial charge is 0.338 e. The summed E-state index contributed by atoms with van der Waals surface area (Å²) >= 11 is 0. The number of fused-ring (bicyclic) bond motifs is 1. The van der Waals surface area contributed by atoms with E-state index in [1.54, 1.807) is 31.2 Å². The van der Waals surface area contributed by atoms with Gasteiger partial charge in [-0.25, -0.2) is 14.4 Å². The zero-order valence-corrected chi connectivity index (χ0v) is 19.3. The van der Waals surface area contributed by atoms with Crippen molar-refractivity contribution in [2.45, 2.75) is 37.8 Å². The predicted octanol–water partition coefficient (Wildman–Crippen LogP) is 2.34. The second-order valence-electron chi connectivity index (χ2n) is 8.90. The fraction of sp³-hybridized carbons (Fsp3) is 0.308. The zero-order valence-electron chi connectivity index (χ0n) is 19.3. The second-order valence-corrected chi connectivity index (χ2v) is 8.90. The number of benzene rings is 2. The molecule has 2 aromatic carbocycles. The molecule has 1 spiro atoms. The van der Waals surface area contributed by atoms with Gasteiger partial charge in [-0.2, -0.15) is 0 Å². The lowest BCUT2D eigenvalue weighted by Crippen LogP contribution is -2.52. The van der Waals surface area contributed by atoms with Gasteiger partial charge < -0.3 is 20.7 Å². The molecular formula is C26H26N4O5. The van der Waals surface area contributed by atoms with Crippen LogP contribution in [0.2, 0.25) is 0 Å². The fourth-order valence-electron chi connectivity index (χ4n) is 5.09. The minimum Gasteiger partial charge on any atom is -0.463 e. The van der Waals surface area contributed by atoms with E-state index in [4.69, 9.17) is 4.74 Å². The Morgan fingerprint density at radius 2 is 1.77 bits per heavy atom. The SMILES string of the molecule is CCOC(=O)C1=C(CN2C(=O)NC3(CCc4ccccc4C3)C2=O)NC(=O)NC1c1ccccc1. The number of esters is 1. The van der Waals surface area contributed by atoms with E-state index in [-0.39, 0.29) is 30.3 Å². The van der Waals surface area contributed by atoms with Gasteiger partial charge in [0.1, 0.15) is 5.54 Å². The van der Waals surface area contributed by atoms with Crippen LogP contribution in [0.25, 0.3) is 0 Å². The molecule has 2 aromatic rings. The maximum atomic E-state index is 13.6. The van der Waals surface area contributed by atoms with E-state index in [0.29, 0.717) is 24.8 Å². The van der Waals surface area contributed by atoms with Crippen LogP contribution < -0.4 is 16.0 Å². The molecule has 180 valence electrons. The molecule has 1 fully saturated rings. The molecule has 35 heavy (non-hydrogen) atoms. The third-order valence-corrected chi connectivity index (χ3v) is 6.78. The van der Waals surface area contributed by atoms with Crippen LogP contribution in [-0.4, -0.2) is 47.5 Å². The fourth-order valence-corrected chi connectivity index (χ4v) is 5.09. The summed E-state index contributed by atoms with van der Waals surface area (Å²) in [4.78, 5) is 53.2. The molecule has 0 bridgehead atoms. The summed E-state index contributed by atoms with van der Waals surface area (Å²) in [7, 11) is 0. The first-order valence-electron chi connectivity index (χ1n) is 11.7. The molecule has 2 heterocycles. The van der Waals surface area contributed by atoms with Gasteiger partial charge in [0.2, 0.25) is 0 Å². The van der Waals surface area contributed by atoms with Crippen LogP contribution in [-0.2, 0) is 27.2 Å². The maximum Gasteiger partial charge on any atom is 0.338 e. The number of amides is 5. The standard InChI is InChI=1S/C26H26N4O5/c1-2-35-22(31)20-19(27-24(33)28-21(20)17-9-4-3-5-10-17)15-30-23(32)26(29-25(30)34)13-12-16-8-6-7-11-18(16)14-26/h3-11,21H,2,12-15H2,1H3,(H,29,34)(H2,27,28,33). The Hall–Kier alpha value is -4.14. The molecule has 2 unspecified atom stereocenters. The summed E-state index contributed by atoms with van der Waals surface area (Å²) in [5.74, 6) is -0.992. The van der Waals surface area contributed by atoms with Crippen molar-refractivity contribution < 1.29 is 23.9 Å². The first-order chi connectivity index (χ1) is 16.9. The van der Waals surface area contributed by atoms with Gasteiger partial charge in [-0.1, -0.05) is 54.6 Å². The number of ether oxygens (including phenoxy) is 1. The van der Waals surface area contributed by atoms with E-state index < -0.39 is 29.6 Å². The van der Waals surface area contributed by atoms with Gasteiger partial charge in [0.05, 0.1) is 30.5 Å². The number of carbonyl (C=O) groups is 4. The van der Waals surface area contributed by atoms with Crippen LogP contribution in [0.3, 0.4) is 0 Å². The molecule has 2 atom stereocenters.